The Hall–Kier alpha value is -3.15. The summed E-state index contributed by atoms with van der Waals surface area (Å²) >= 11 is 0. The number of benzene rings is 1. The Labute approximate surface area is 212 Å². The zero-order valence-electron chi connectivity index (χ0n) is 21.2. The molecule has 37 heavy (non-hydrogen) atoms. The van der Waals surface area contributed by atoms with Gasteiger partial charge in [-0.3, -0.25) is 9.59 Å². The van der Waals surface area contributed by atoms with E-state index in [0.29, 0.717) is 31.3 Å². The summed E-state index contributed by atoms with van der Waals surface area (Å²) in [5, 5.41) is 17.0. The standard InChI is InChI=1S/C25H32F3N5O4/c1-23(2,3)32-14-5-8-19(24(4,12-14)22(35)36)33-10-9-18(21(33)34)31-20-16-11-15(37-25(26,27)28)6-7-17(16)29-13-30-20/h6-7,11,13-14,18-19,32H,5,8-10,12H2,1-4H3,(H,35,36)(H,29,30,31)/t14-,18?,19+,24-/m1/s1. The number of rotatable bonds is 6. The number of carboxylic acids is 1. The van der Waals surface area contributed by atoms with Gasteiger partial charge in [-0.15, -0.1) is 13.2 Å². The van der Waals surface area contributed by atoms with Gasteiger partial charge in [-0.25, -0.2) is 9.97 Å². The van der Waals surface area contributed by atoms with Crippen LogP contribution in [-0.4, -0.2) is 68.4 Å². The van der Waals surface area contributed by atoms with Gasteiger partial charge >= 0.3 is 12.3 Å². The van der Waals surface area contributed by atoms with Gasteiger partial charge in [0.05, 0.1) is 10.9 Å². The molecule has 12 heteroatoms. The second kappa shape index (κ2) is 9.62. The van der Waals surface area contributed by atoms with Gasteiger partial charge in [0.1, 0.15) is 23.9 Å². The van der Waals surface area contributed by atoms with E-state index >= 15 is 0 Å². The van der Waals surface area contributed by atoms with E-state index in [2.05, 4.69) is 25.3 Å². The Morgan fingerprint density at radius 1 is 1.19 bits per heavy atom. The van der Waals surface area contributed by atoms with Crippen LogP contribution >= 0.6 is 0 Å². The van der Waals surface area contributed by atoms with Crippen LogP contribution in [0.5, 0.6) is 5.75 Å². The quantitative estimate of drug-likeness (QED) is 0.522. The predicted octanol–water partition coefficient (Wildman–Crippen LogP) is 3.94. The van der Waals surface area contributed by atoms with Crippen LogP contribution in [0.15, 0.2) is 24.5 Å². The number of alkyl halides is 3. The van der Waals surface area contributed by atoms with Gasteiger partial charge < -0.3 is 25.4 Å². The van der Waals surface area contributed by atoms with Crippen LogP contribution in [-0.2, 0) is 9.59 Å². The van der Waals surface area contributed by atoms with Gasteiger partial charge in [-0.1, -0.05) is 0 Å². The first-order chi connectivity index (χ1) is 17.2. The van der Waals surface area contributed by atoms with Crippen LogP contribution in [0.3, 0.4) is 0 Å². The number of ether oxygens (including phenoxy) is 1. The minimum Gasteiger partial charge on any atom is -0.481 e. The van der Waals surface area contributed by atoms with Crippen molar-refractivity contribution in [3.63, 3.8) is 0 Å². The third-order valence-corrected chi connectivity index (χ3v) is 7.09. The lowest BCUT2D eigenvalue weighted by Gasteiger charge is -2.47. The average Bonchev–Trinajstić information content (AvgIpc) is 3.12. The molecule has 202 valence electrons. The third kappa shape index (κ3) is 5.89. The monoisotopic (exact) mass is 523 g/mol. The molecule has 2 fully saturated rings. The molecular formula is C25H32F3N5O4. The van der Waals surface area contributed by atoms with Crippen LogP contribution in [0, 0.1) is 5.41 Å². The number of nitrogens with one attached hydrogen (secondary N) is 2. The van der Waals surface area contributed by atoms with Crippen molar-refractivity contribution < 1.29 is 32.6 Å². The molecular weight excluding hydrogens is 491 g/mol. The van der Waals surface area contributed by atoms with Crippen molar-refractivity contribution in [3.8, 4) is 5.75 Å². The summed E-state index contributed by atoms with van der Waals surface area (Å²) in [5.74, 6) is -1.41. The fourth-order valence-electron chi connectivity index (χ4n) is 5.55. The van der Waals surface area contributed by atoms with E-state index in [4.69, 9.17) is 0 Å². The maximum Gasteiger partial charge on any atom is 0.573 e. The van der Waals surface area contributed by atoms with Crippen LogP contribution < -0.4 is 15.4 Å². The molecule has 4 rings (SSSR count). The molecule has 1 aliphatic carbocycles. The first kappa shape index (κ1) is 26.9. The Bertz CT molecular complexity index is 1190. The largest absolute Gasteiger partial charge is 0.573 e. The Balaban J connectivity index is 1.53. The molecule has 1 aliphatic heterocycles. The van der Waals surface area contributed by atoms with Crippen molar-refractivity contribution in [2.24, 2.45) is 5.41 Å². The highest BCUT2D eigenvalue weighted by atomic mass is 19.4. The fourth-order valence-corrected chi connectivity index (χ4v) is 5.55. The molecule has 1 unspecified atom stereocenters. The normalized spacial score (nSPS) is 26.9. The lowest BCUT2D eigenvalue weighted by atomic mass is 9.68. The Morgan fingerprint density at radius 2 is 1.92 bits per heavy atom. The minimum atomic E-state index is -4.85. The highest BCUT2D eigenvalue weighted by Gasteiger charge is 2.52. The van der Waals surface area contributed by atoms with E-state index in [1.54, 1.807) is 11.8 Å². The number of carbonyl (C=O) groups is 2. The third-order valence-electron chi connectivity index (χ3n) is 7.09. The highest BCUT2D eigenvalue weighted by Crippen LogP contribution is 2.42. The Morgan fingerprint density at radius 3 is 2.57 bits per heavy atom. The number of hydrogen-bond acceptors (Lipinski definition) is 7. The number of amides is 1. The second-order valence-corrected chi connectivity index (χ2v) is 11.1. The van der Waals surface area contributed by atoms with E-state index in [9.17, 15) is 27.9 Å². The van der Waals surface area contributed by atoms with Crippen molar-refractivity contribution in [3.05, 3.63) is 24.5 Å². The summed E-state index contributed by atoms with van der Waals surface area (Å²) in [6, 6.07) is 2.56. The zero-order chi connectivity index (χ0) is 27.2. The molecule has 0 bridgehead atoms. The molecule has 1 aromatic carbocycles. The van der Waals surface area contributed by atoms with Crippen molar-refractivity contribution in [1.82, 2.24) is 20.2 Å². The van der Waals surface area contributed by atoms with E-state index < -0.39 is 35.6 Å². The van der Waals surface area contributed by atoms with Crippen molar-refractivity contribution in [2.45, 2.75) is 83.4 Å². The van der Waals surface area contributed by atoms with Gasteiger partial charge in [0, 0.05) is 29.6 Å². The number of aliphatic carboxylic acids is 1. The maximum absolute atomic E-state index is 13.5. The average molecular weight is 524 g/mol. The van der Waals surface area contributed by atoms with Crippen LogP contribution in [0.1, 0.15) is 53.4 Å². The molecule has 0 radical (unpaired) electrons. The molecule has 1 aromatic heterocycles. The minimum absolute atomic E-state index is 0.0180. The van der Waals surface area contributed by atoms with Crippen LogP contribution in [0.4, 0.5) is 19.0 Å². The van der Waals surface area contributed by atoms with Crippen molar-refractivity contribution in [2.75, 3.05) is 11.9 Å². The number of aromatic nitrogens is 2. The topological polar surface area (TPSA) is 117 Å². The molecule has 2 heterocycles. The van der Waals surface area contributed by atoms with Gasteiger partial charge in [0.25, 0.3) is 0 Å². The highest BCUT2D eigenvalue weighted by molar-refractivity contribution is 5.94. The van der Waals surface area contributed by atoms with Gasteiger partial charge in [-0.2, -0.15) is 0 Å². The fraction of sp³-hybridized carbons (Fsp3) is 0.600. The molecule has 1 saturated heterocycles. The predicted molar refractivity (Wildman–Crippen MR) is 130 cm³/mol. The van der Waals surface area contributed by atoms with Crippen LogP contribution in [0.25, 0.3) is 10.9 Å². The number of anilines is 1. The van der Waals surface area contributed by atoms with E-state index in [0.717, 1.165) is 12.5 Å². The lowest BCUT2D eigenvalue weighted by Crippen LogP contribution is -2.59. The molecule has 2 aliphatic rings. The van der Waals surface area contributed by atoms with Crippen LogP contribution in [0.2, 0.25) is 0 Å². The zero-order valence-corrected chi connectivity index (χ0v) is 21.2. The SMILES string of the molecule is CC(C)(C)N[C@@H]1CC[C@H](N2CCC(Nc3ncnc4ccc(OC(F)(F)F)cc34)C2=O)[C@](C)(C(=O)O)C1. The number of likely N-dealkylation sites (tertiary alicyclic amines) is 1. The molecule has 0 spiro atoms. The summed E-state index contributed by atoms with van der Waals surface area (Å²) < 4.78 is 42.1. The molecule has 3 N–H and O–H groups in total. The molecule has 2 aromatic rings. The number of halogens is 3. The Kier molecular flexibility index (Phi) is 7.00. The second-order valence-electron chi connectivity index (χ2n) is 11.1. The first-order valence-corrected chi connectivity index (χ1v) is 12.2. The summed E-state index contributed by atoms with van der Waals surface area (Å²) in [4.78, 5) is 35.7. The van der Waals surface area contributed by atoms with E-state index in [1.807, 2.05) is 20.8 Å². The summed E-state index contributed by atoms with van der Waals surface area (Å²) in [6.45, 7) is 8.17. The van der Waals surface area contributed by atoms with Crippen molar-refractivity contribution >= 4 is 28.6 Å². The maximum atomic E-state index is 13.5. The molecule has 1 saturated carbocycles. The summed E-state index contributed by atoms with van der Waals surface area (Å²) in [5.41, 5.74) is -0.907. The van der Waals surface area contributed by atoms with Gasteiger partial charge in [0.2, 0.25) is 5.91 Å². The van der Waals surface area contributed by atoms with Crippen molar-refractivity contribution in [1.29, 1.82) is 0 Å². The molecule has 1 amide bonds. The van der Waals surface area contributed by atoms with E-state index in [-0.39, 0.29) is 28.7 Å². The summed E-state index contributed by atoms with van der Waals surface area (Å²) in [7, 11) is 0. The number of hydrogen-bond donors (Lipinski definition) is 3. The number of carboxylic acid groups (broad SMARTS) is 1. The van der Waals surface area contributed by atoms with Gasteiger partial charge in [-0.05, 0) is 71.6 Å². The number of carbonyl (C=O) groups excluding carboxylic acids is 1. The number of fused-ring (bicyclic) bond motifs is 1. The molecule has 4 atom stereocenters. The van der Waals surface area contributed by atoms with E-state index in [1.165, 1.54) is 18.5 Å². The molecule has 9 nitrogen and oxygen atoms in total. The smallest absolute Gasteiger partial charge is 0.481 e. The lowest BCUT2D eigenvalue weighted by molar-refractivity contribution is -0.274. The first-order valence-electron chi connectivity index (χ1n) is 12.2. The number of nitrogens with zero attached hydrogens (tertiary/aromatic N) is 3. The van der Waals surface area contributed by atoms with Gasteiger partial charge in [0.15, 0.2) is 0 Å². The summed E-state index contributed by atoms with van der Waals surface area (Å²) in [6.07, 6.45) is -1.51.